The van der Waals surface area contributed by atoms with Gasteiger partial charge in [-0.1, -0.05) is 6.58 Å². The molecule has 3 aromatic rings. The van der Waals surface area contributed by atoms with Gasteiger partial charge in [0.05, 0.1) is 6.33 Å². The Balaban J connectivity index is 1.34. The van der Waals surface area contributed by atoms with Gasteiger partial charge in [0.1, 0.15) is 6.10 Å². The Hall–Kier alpha value is -3.66. The molecule has 1 aliphatic heterocycles. The van der Waals surface area contributed by atoms with Crippen LogP contribution in [0, 0.1) is 0 Å². The van der Waals surface area contributed by atoms with Crippen LogP contribution in [0.25, 0.3) is 11.2 Å². The number of benzene rings is 1. The summed E-state index contributed by atoms with van der Waals surface area (Å²) in [5.74, 6) is 0.444. The van der Waals surface area contributed by atoms with Gasteiger partial charge in [0.2, 0.25) is 5.91 Å². The lowest BCUT2D eigenvalue weighted by Crippen LogP contribution is -2.48. The predicted octanol–water partition coefficient (Wildman–Crippen LogP) is 3.11. The fourth-order valence-electron chi connectivity index (χ4n) is 4.56. The first kappa shape index (κ1) is 24.1. The number of carbonyl (C=O) groups is 1. The van der Waals surface area contributed by atoms with Gasteiger partial charge >= 0.3 is 6.01 Å². The second-order valence-electron chi connectivity index (χ2n) is 9.86. The number of aromatic nitrogens is 4. The number of amides is 1. The first-order valence-corrected chi connectivity index (χ1v) is 12.5. The standard InChI is InChI=1S/C26H34N8O2/c1-5-22(35)28-19-14-21(15-19)36-26-30-24(23-25(31-26)34(16-27-23)17(2)3)29-18-6-8-20(9-7-18)33-12-10-32(4)11-13-33/h5-9,16-17,19,21H,1,10-15H2,2-4H3,(H,28,35)(H,29,30,31). The third kappa shape index (κ3) is 5.13. The number of likely N-dealkylation sites (N-methyl/N-ethyl adjacent to an activating group) is 1. The Morgan fingerprint density at radius 3 is 2.53 bits per heavy atom. The van der Waals surface area contributed by atoms with Gasteiger partial charge in [-0.15, -0.1) is 0 Å². The Morgan fingerprint density at radius 1 is 1.14 bits per heavy atom. The van der Waals surface area contributed by atoms with Crippen LogP contribution in [0.3, 0.4) is 0 Å². The number of imidazole rings is 1. The summed E-state index contributed by atoms with van der Waals surface area (Å²) >= 11 is 0. The van der Waals surface area contributed by atoms with Crippen LogP contribution in [0.2, 0.25) is 0 Å². The second-order valence-corrected chi connectivity index (χ2v) is 9.86. The Morgan fingerprint density at radius 2 is 1.86 bits per heavy atom. The van der Waals surface area contributed by atoms with E-state index in [1.165, 1.54) is 11.8 Å². The maximum Gasteiger partial charge on any atom is 0.320 e. The van der Waals surface area contributed by atoms with Crippen molar-refractivity contribution < 1.29 is 9.53 Å². The zero-order valence-electron chi connectivity index (χ0n) is 21.1. The van der Waals surface area contributed by atoms with E-state index >= 15 is 0 Å². The average molecular weight is 491 g/mol. The molecule has 0 atom stereocenters. The van der Waals surface area contributed by atoms with E-state index in [9.17, 15) is 4.79 Å². The van der Waals surface area contributed by atoms with Crippen molar-refractivity contribution in [2.75, 3.05) is 43.4 Å². The molecule has 2 aliphatic rings. The summed E-state index contributed by atoms with van der Waals surface area (Å²) in [6.07, 6.45) is 4.44. The third-order valence-corrected chi connectivity index (χ3v) is 6.85. The molecule has 0 unspecified atom stereocenters. The van der Waals surface area contributed by atoms with E-state index in [0.29, 0.717) is 30.2 Å². The van der Waals surface area contributed by atoms with Crippen molar-refractivity contribution in [3.8, 4) is 6.01 Å². The maximum atomic E-state index is 11.5. The average Bonchev–Trinajstić information content (AvgIpc) is 3.28. The minimum absolute atomic E-state index is 0.0521. The molecule has 1 saturated heterocycles. The normalized spacial score (nSPS) is 20.3. The SMILES string of the molecule is C=CC(=O)NC1CC(Oc2nc(Nc3ccc(N4CCN(C)CC4)cc3)c3ncn(C(C)C)c3n2)C1. The van der Waals surface area contributed by atoms with Crippen LogP contribution < -0.4 is 20.3 Å². The van der Waals surface area contributed by atoms with E-state index in [-0.39, 0.29) is 24.1 Å². The number of nitrogens with one attached hydrogen (secondary N) is 2. The molecule has 2 N–H and O–H groups in total. The highest BCUT2D eigenvalue weighted by Gasteiger charge is 2.32. The summed E-state index contributed by atoms with van der Waals surface area (Å²) in [6.45, 7) is 11.9. The molecule has 10 nitrogen and oxygen atoms in total. The third-order valence-electron chi connectivity index (χ3n) is 6.85. The van der Waals surface area contributed by atoms with Crippen LogP contribution >= 0.6 is 0 Å². The van der Waals surface area contributed by atoms with Gasteiger partial charge in [0.15, 0.2) is 17.0 Å². The number of carbonyl (C=O) groups excluding carboxylic acids is 1. The monoisotopic (exact) mass is 490 g/mol. The highest BCUT2D eigenvalue weighted by Crippen LogP contribution is 2.30. The lowest BCUT2D eigenvalue weighted by molar-refractivity contribution is -0.118. The van der Waals surface area contributed by atoms with Crippen LogP contribution in [0.1, 0.15) is 32.7 Å². The highest BCUT2D eigenvalue weighted by molar-refractivity contribution is 5.87. The predicted molar refractivity (Wildman–Crippen MR) is 141 cm³/mol. The summed E-state index contributed by atoms with van der Waals surface area (Å²) in [4.78, 5) is 30.2. The van der Waals surface area contributed by atoms with Gasteiger partial charge in [0, 0.05) is 62.5 Å². The molecule has 1 aliphatic carbocycles. The van der Waals surface area contributed by atoms with Crippen molar-refractivity contribution in [2.45, 2.75) is 44.9 Å². The van der Waals surface area contributed by atoms with Crippen molar-refractivity contribution in [1.82, 2.24) is 29.7 Å². The molecule has 0 bridgehead atoms. The number of rotatable bonds is 8. The number of fused-ring (bicyclic) bond motifs is 1. The van der Waals surface area contributed by atoms with Gasteiger partial charge in [-0.05, 0) is 51.2 Å². The zero-order chi connectivity index (χ0) is 25.2. The van der Waals surface area contributed by atoms with Crippen molar-refractivity contribution >= 4 is 34.3 Å². The van der Waals surface area contributed by atoms with Crippen LogP contribution in [0.5, 0.6) is 6.01 Å². The van der Waals surface area contributed by atoms with Crippen molar-refractivity contribution in [3.63, 3.8) is 0 Å². The number of hydrogen-bond acceptors (Lipinski definition) is 8. The van der Waals surface area contributed by atoms with Crippen LogP contribution in [0.4, 0.5) is 17.2 Å². The summed E-state index contributed by atoms with van der Waals surface area (Å²) in [5.41, 5.74) is 3.57. The molecule has 10 heteroatoms. The fraction of sp³-hybridized carbons (Fsp3) is 0.462. The van der Waals surface area contributed by atoms with Crippen LogP contribution in [-0.4, -0.2) is 75.7 Å². The van der Waals surface area contributed by atoms with Crippen LogP contribution in [0.15, 0.2) is 43.2 Å². The van der Waals surface area contributed by atoms with Crippen molar-refractivity contribution in [2.24, 2.45) is 0 Å². The molecular formula is C26H34N8O2. The fourth-order valence-corrected chi connectivity index (χ4v) is 4.56. The minimum Gasteiger partial charge on any atom is -0.460 e. The Bertz CT molecular complexity index is 1220. The van der Waals surface area contributed by atoms with Crippen LogP contribution in [-0.2, 0) is 4.79 Å². The van der Waals surface area contributed by atoms with E-state index in [0.717, 1.165) is 37.5 Å². The number of hydrogen-bond donors (Lipinski definition) is 2. The Labute approximate surface area is 211 Å². The van der Waals surface area contributed by atoms with E-state index in [4.69, 9.17) is 4.74 Å². The molecule has 1 aromatic carbocycles. The molecular weight excluding hydrogens is 456 g/mol. The molecule has 3 heterocycles. The molecule has 2 aromatic heterocycles. The number of anilines is 3. The van der Waals surface area contributed by atoms with Gasteiger partial charge in [-0.25, -0.2) is 4.98 Å². The summed E-state index contributed by atoms with van der Waals surface area (Å²) in [7, 11) is 2.16. The molecule has 0 spiro atoms. The van der Waals surface area contributed by atoms with E-state index < -0.39 is 0 Å². The Kier molecular flexibility index (Phi) is 6.77. The summed E-state index contributed by atoms with van der Waals surface area (Å²) < 4.78 is 8.12. The number of nitrogens with zero attached hydrogens (tertiary/aromatic N) is 6. The van der Waals surface area contributed by atoms with E-state index in [2.05, 4.69) is 87.1 Å². The lowest BCUT2D eigenvalue weighted by Gasteiger charge is -2.34. The molecule has 2 fully saturated rings. The van der Waals surface area contributed by atoms with E-state index in [1.54, 1.807) is 6.33 Å². The minimum atomic E-state index is -0.165. The van der Waals surface area contributed by atoms with Gasteiger partial charge < -0.3 is 29.7 Å². The van der Waals surface area contributed by atoms with Crippen molar-refractivity contribution in [3.05, 3.63) is 43.2 Å². The molecule has 36 heavy (non-hydrogen) atoms. The summed E-state index contributed by atoms with van der Waals surface area (Å²) in [6, 6.07) is 9.00. The quantitative estimate of drug-likeness (QED) is 0.465. The molecule has 190 valence electrons. The van der Waals surface area contributed by atoms with E-state index in [1.807, 2.05) is 4.57 Å². The summed E-state index contributed by atoms with van der Waals surface area (Å²) in [5, 5.41) is 6.32. The maximum absolute atomic E-state index is 11.5. The topological polar surface area (TPSA) is 100 Å². The lowest BCUT2D eigenvalue weighted by atomic mass is 9.89. The molecule has 5 rings (SSSR count). The first-order valence-electron chi connectivity index (χ1n) is 12.5. The molecule has 1 amide bonds. The highest BCUT2D eigenvalue weighted by atomic mass is 16.5. The first-order chi connectivity index (χ1) is 17.4. The largest absolute Gasteiger partial charge is 0.460 e. The van der Waals surface area contributed by atoms with Gasteiger partial charge in [0.25, 0.3) is 0 Å². The zero-order valence-corrected chi connectivity index (χ0v) is 21.1. The smallest absolute Gasteiger partial charge is 0.320 e. The number of piperazine rings is 1. The molecule has 0 radical (unpaired) electrons. The van der Waals surface area contributed by atoms with Crippen molar-refractivity contribution in [1.29, 1.82) is 0 Å². The second kappa shape index (κ2) is 10.1. The molecule has 1 saturated carbocycles. The number of ether oxygens (including phenoxy) is 1. The van der Waals surface area contributed by atoms with Gasteiger partial charge in [-0.3, -0.25) is 4.79 Å². The van der Waals surface area contributed by atoms with Gasteiger partial charge in [-0.2, -0.15) is 9.97 Å².